The summed E-state index contributed by atoms with van der Waals surface area (Å²) in [6.07, 6.45) is 0.879. The molecule has 0 bridgehead atoms. The third-order valence-electron chi connectivity index (χ3n) is 5.54. The third kappa shape index (κ3) is 3.27. The molecule has 9 nitrogen and oxygen atoms in total. The number of carbonyl (C=O) groups excluding carboxylic acids is 2. The monoisotopic (exact) mass is 416 g/mol. The van der Waals surface area contributed by atoms with Crippen molar-refractivity contribution in [2.75, 3.05) is 4.90 Å². The number of anilines is 1. The SMILES string of the molecule is CCc1ccc(N2C(=O)C3N=NN(Cc4nc(-c5ccc(C)cc5)no4)C3C2=O)cc1. The van der Waals surface area contributed by atoms with Crippen LogP contribution in [0.3, 0.4) is 0 Å². The Hall–Kier alpha value is -3.88. The molecule has 2 aromatic carbocycles. The molecule has 0 spiro atoms. The number of rotatable bonds is 5. The summed E-state index contributed by atoms with van der Waals surface area (Å²) in [6, 6.07) is 13.5. The van der Waals surface area contributed by atoms with Gasteiger partial charge < -0.3 is 4.52 Å². The van der Waals surface area contributed by atoms with Gasteiger partial charge in [0.2, 0.25) is 11.7 Å². The van der Waals surface area contributed by atoms with Gasteiger partial charge in [0.1, 0.15) is 6.54 Å². The molecule has 1 fully saturated rings. The van der Waals surface area contributed by atoms with E-state index in [1.807, 2.05) is 50.2 Å². The summed E-state index contributed by atoms with van der Waals surface area (Å²) in [5.74, 6) is 0.00853. The molecule has 0 aliphatic carbocycles. The van der Waals surface area contributed by atoms with Crippen molar-refractivity contribution >= 4 is 17.5 Å². The average Bonchev–Trinajstić information content (AvgIpc) is 3.47. The highest BCUT2D eigenvalue weighted by Gasteiger charge is 2.55. The van der Waals surface area contributed by atoms with Crippen LogP contribution in [0.15, 0.2) is 63.4 Å². The number of imide groups is 1. The predicted molar refractivity (Wildman–Crippen MR) is 111 cm³/mol. The summed E-state index contributed by atoms with van der Waals surface area (Å²) in [6.45, 7) is 4.14. The average molecular weight is 416 g/mol. The maximum atomic E-state index is 13.1. The molecule has 2 aliphatic heterocycles. The molecule has 2 atom stereocenters. The molecule has 3 heterocycles. The van der Waals surface area contributed by atoms with E-state index in [0.29, 0.717) is 17.4 Å². The van der Waals surface area contributed by atoms with Gasteiger partial charge in [0.25, 0.3) is 11.8 Å². The first-order valence-electron chi connectivity index (χ1n) is 10.1. The molecule has 2 amide bonds. The Kier molecular flexibility index (Phi) is 4.58. The van der Waals surface area contributed by atoms with Crippen LogP contribution in [0, 0.1) is 6.92 Å². The van der Waals surface area contributed by atoms with E-state index in [1.165, 1.54) is 9.91 Å². The molecule has 0 radical (unpaired) electrons. The maximum absolute atomic E-state index is 13.1. The third-order valence-corrected chi connectivity index (χ3v) is 5.54. The van der Waals surface area contributed by atoms with Gasteiger partial charge in [-0.2, -0.15) is 10.1 Å². The number of carbonyl (C=O) groups is 2. The van der Waals surface area contributed by atoms with Gasteiger partial charge >= 0.3 is 0 Å². The highest BCUT2D eigenvalue weighted by atomic mass is 16.5. The van der Waals surface area contributed by atoms with Crippen molar-refractivity contribution in [2.24, 2.45) is 10.3 Å². The Morgan fingerprint density at radius 1 is 1.00 bits per heavy atom. The molecule has 2 unspecified atom stereocenters. The van der Waals surface area contributed by atoms with Crippen molar-refractivity contribution in [1.29, 1.82) is 0 Å². The second-order valence-electron chi connectivity index (χ2n) is 7.60. The van der Waals surface area contributed by atoms with Crippen molar-refractivity contribution < 1.29 is 14.1 Å². The van der Waals surface area contributed by atoms with Gasteiger partial charge in [0.05, 0.1) is 5.69 Å². The minimum absolute atomic E-state index is 0.0885. The van der Waals surface area contributed by atoms with Gasteiger partial charge in [0.15, 0.2) is 12.1 Å². The van der Waals surface area contributed by atoms with E-state index in [1.54, 1.807) is 12.1 Å². The van der Waals surface area contributed by atoms with Crippen molar-refractivity contribution in [3.05, 3.63) is 65.5 Å². The van der Waals surface area contributed by atoms with Crippen LogP contribution >= 0.6 is 0 Å². The van der Waals surface area contributed by atoms with E-state index in [2.05, 4.69) is 20.5 Å². The van der Waals surface area contributed by atoms with E-state index in [4.69, 9.17) is 4.52 Å². The smallest absolute Gasteiger partial charge is 0.263 e. The molecular formula is C22H20N6O3. The summed E-state index contributed by atoms with van der Waals surface area (Å²) in [5, 5.41) is 13.5. The van der Waals surface area contributed by atoms with Crippen LogP contribution in [-0.2, 0) is 22.6 Å². The molecular weight excluding hydrogens is 396 g/mol. The zero-order valence-corrected chi connectivity index (χ0v) is 17.1. The fraction of sp³-hybridized carbons (Fsp3) is 0.273. The van der Waals surface area contributed by atoms with Crippen LogP contribution in [0.1, 0.15) is 23.9 Å². The van der Waals surface area contributed by atoms with Crippen molar-refractivity contribution in [3.8, 4) is 11.4 Å². The quantitative estimate of drug-likeness (QED) is 0.592. The molecule has 156 valence electrons. The van der Waals surface area contributed by atoms with Gasteiger partial charge in [-0.1, -0.05) is 59.3 Å². The van der Waals surface area contributed by atoms with Crippen LogP contribution in [0.5, 0.6) is 0 Å². The van der Waals surface area contributed by atoms with E-state index >= 15 is 0 Å². The fourth-order valence-corrected chi connectivity index (χ4v) is 3.77. The van der Waals surface area contributed by atoms with Gasteiger partial charge in [-0.3, -0.25) is 14.6 Å². The molecule has 5 rings (SSSR count). The topological polar surface area (TPSA) is 104 Å². The van der Waals surface area contributed by atoms with Gasteiger partial charge in [-0.05, 0) is 31.0 Å². The summed E-state index contributed by atoms with van der Waals surface area (Å²) in [5.41, 5.74) is 3.63. The number of aryl methyl sites for hydroxylation is 2. The van der Waals surface area contributed by atoms with Crippen molar-refractivity contribution in [2.45, 2.75) is 38.9 Å². The minimum Gasteiger partial charge on any atom is -0.337 e. The number of aromatic nitrogens is 2. The number of hydrogen-bond donors (Lipinski definition) is 0. The maximum Gasteiger partial charge on any atom is 0.263 e. The normalized spacial score (nSPS) is 20.1. The molecule has 0 saturated carbocycles. The lowest BCUT2D eigenvalue weighted by Crippen LogP contribution is -2.39. The second-order valence-corrected chi connectivity index (χ2v) is 7.60. The number of hydrogen-bond acceptors (Lipinski definition) is 8. The Labute approximate surface area is 178 Å². The van der Waals surface area contributed by atoms with E-state index in [9.17, 15) is 9.59 Å². The molecule has 1 aromatic heterocycles. The van der Waals surface area contributed by atoms with E-state index < -0.39 is 12.1 Å². The lowest BCUT2D eigenvalue weighted by Gasteiger charge is -2.19. The zero-order chi connectivity index (χ0) is 21.5. The van der Waals surface area contributed by atoms with Crippen LogP contribution < -0.4 is 4.90 Å². The lowest BCUT2D eigenvalue weighted by molar-refractivity contribution is -0.123. The predicted octanol–water partition coefficient (Wildman–Crippen LogP) is 3.10. The largest absolute Gasteiger partial charge is 0.337 e. The summed E-state index contributed by atoms with van der Waals surface area (Å²) in [7, 11) is 0. The number of amides is 2. The molecule has 9 heteroatoms. The molecule has 2 aliphatic rings. The fourth-order valence-electron chi connectivity index (χ4n) is 3.77. The summed E-state index contributed by atoms with van der Waals surface area (Å²) >= 11 is 0. The van der Waals surface area contributed by atoms with Crippen LogP contribution in [-0.4, -0.2) is 39.0 Å². The first kappa shape index (κ1) is 19.1. The van der Waals surface area contributed by atoms with Gasteiger partial charge in [0, 0.05) is 5.56 Å². The second kappa shape index (κ2) is 7.42. The molecule has 0 N–H and O–H groups in total. The Balaban J connectivity index is 1.34. The zero-order valence-electron chi connectivity index (χ0n) is 17.1. The molecule has 1 saturated heterocycles. The molecule has 3 aromatic rings. The van der Waals surface area contributed by atoms with Crippen LogP contribution in [0.2, 0.25) is 0 Å². The number of benzene rings is 2. The Morgan fingerprint density at radius 2 is 1.74 bits per heavy atom. The summed E-state index contributed by atoms with van der Waals surface area (Å²) in [4.78, 5) is 31.5. The molecule has 31 heavy (non-hydrogen) atoms. The van der Waals surface area contributed by atoms with E-state index in [0.717, 1.165) is 23.1 Å². The standard InChI is InChI=1S/C22H20N6O3/c1-3-14-6-10-16(11-7-14)28-21(29)18-19(22(28)30)27(26-24-18)12-17-23-20(25-31-17)15-8-4-13(2)5-9-15/h4-11,18-19H,3,12H2,1-2H3. The van der Waals surface area contributed by atoms with E-state index in [-0.39, 0.29) is 18.4 Å². The number of nitrogens with zero attached hydrogens (tertiary/aromatic N) is 6. The Morgan fingerprint density at radius 3 is 2.45 bits per heavy atom. The van der Waals surface area contributed by atoms with Crippen molar-refractivity contribution in [3.63, 3.8) is 0 Å². The van der Waals surface area contributed by atoms with Gasteiger partial charge in [-0.25, -0.2) is 4.90 Å². The van der Waals surface area contributed by atoms with Gasteiger partial charge in [-0.15, -0.1) is 0 Å². The van der Waals surface area contributed by atoms with Crippen LogP contribution in [0.4, 0.5) is 5.69 Å². The lowest BCUT2D eigenvalue weighted by atomic mass is 10.1. The summed E-state index contributed by atoms with van der Waals surface area (Å²) < 4.78 is 5.34. The first-order chi connectivity index (χ1) is 15.0. The Bertz CT molecular complexity index is 1170. The van der Waals surface area contributed by atoms with Crippen molar-refractivity contribution in [1.82, 2.24) is 15.1 Å². The first-order valence-corrected chi connectivity index (χ1v) is 10.1. The highest BCUT2D eigenvalue weighted by molar-refractivity contribution is 6.25. The highest BCUT2D eigenvalue weighted by Crippen LogP contribution is 2.33. The minimum atomic E-state index is -0.863. The number of fused-ring (bicyclic) bond motifs is 1. The van der Waals surface area contributed by atoms with Crippen LogP contribution in [0.25, 0.3) is 11.4 Å².